The van der Waals surface area contributed by atoms with E-state index in [2.05, 4.69) is 25.8 Å². The first-order valence-electron chi connectivity index (χ1n) is 11.2. The predicted octanol–water partition coefficient (Wildman–Crippen LogP) is 3.94. The average molecular weight is 532 g/mol. The van der Waals surface area contributed by atoms with Crippen molar-refractivity contribution in [1.82, 2.24) is 14.8 Å². The minimum Gasteiger partial charge on any atom is -0.507 e. The summed E-state index contributed by atoms with van der Waals surface area (Å²) in [4.78, 5) is 45.2. The van der Waals surface area contributed by atoms with Gasteiger partial charge in [-0.1, -0.05) is 41.9 Å². The molecule has 8 nitrogen and oxygen atoms in total. The fourth-order valence-corrected chi connectivity index (χ4v) is 4.89. The van der Waals surface area contributed by atoms with Crippen molar-refractivity contribution in [2.75, 3.05) is 33.3 Å². The highest BCUT2D eigenvalue weighted by Crippen LogP contribution is 2.41. The Morgan fingerprint density at radius 3 is 2.50 bits per heavy atom. The molecule has 2 heterocycles. The zero-order chi connectivity index (χ0) is 25.2. The topological polar surface area (TPSA) is 103 Å². The summed E-state index contributed by atoms with van der Waals surface area (Å²) in [6.07, 6.45) is 0. The number of amides is 1. The van der Waals surface area contributed by atoms with Crippen LogP contribution in [0.5, 0.6) is 0 Å². The molecule has 1 atom stereocenters. The van der Waals surface area contributed by atoms with E-state index in [1.54, 1.807) is 13.8 Å². The van der Waals surface area contributed by atoms with Crippen LogP contribution in [0.15, 0.2) is 34.3 Å². The normalized spacial score (nSPS) is 17.6. The van der Waals surface area contributed by atoms with Gasteiger partial charge in [-0.15, -0.1) is 0 Å². The van der Waals surface area contributed by atoms with E-state index < -0.39 is 23.7 Å². The number of methoxy groups -OCH3 is 1. The van der Waals surface area contributed by atoms with Crippen LogP contribution in [0.1, 0.15) is 52.8 Å². The number of Topliss-reactive ketones (excluding diaryl/α,β-unsaturated/α-hetero) is 1. The van der Waals surface area contributed by atoms with Crippen molar-refractivity contribution < 1.29 is 24.2 Å². The van der Waals surface area contributed by atoms with Crippen LogP contribution in [0, 0.1) is 13.8 Å². The fourth-order valence-electron chi connectivity index (χ4n) is 4.47. The summed E-state index contributed by atoms with van der Waals surface area (Å²) in [5.41, 5.74) is 2.17. The molecule has 2 aromatic rings. The van der Waals surface area contributed by atoms with Gasteiger partial charge in [-0.3, -0.25) is 9.59 Å². The van der Waals surface area contributed by atoms with Crippen molar-refractivity contribution >= 4 is 39.3 Å². The van der Waals surface area contributed by atoms with Gasteiger partial charge in [-0.2, -0.15) is 0 Å². The van der Waals surface area contributed by atoms with E-state index in [1.807, 2.05) is 38.1 Å². The largest absolute Gasteiger partial charge is 0.507 e. The van der Waals surface area contributed by atoms with E-state index >= 15 is 0 Å². The van der Waals surface area contributed by atoms with Gasteiger partial charge in [0.05, 0.1) is 18.7 Å². The van der Waals surface area contributed by atoms with Gasteiger partial charge in [0.1, 0.15) is 11.5 Å². The van der Waals surface area contributed by atoms with E-state index in [4.69, 9.17) is 4.74 Å². The van der Waals surface area contributed by atoms with Crippen LogP contribution in [0.2, 0.25) is 0 Å². The summed E-state index contributed by atoms with van der Waals surface area (Å²) in [6, 6.07) is 6.59. The summed E-state index contributed by atoms with van der Waals surface area (Å²) in [5, 5.41) is 11.4. The highest BCUT2D eigenvalue weighted by molar-refractivity contribution is 9.10. The molecule has 0 radical (unpaired) electrons. The average Bonchev–Trinajstić information content (AvgIpc) is 3.26. The summed E-state index contributed by atoms with van der Waals surface area (Å²) in [6.45, 7) is 10.0. The molecule has 0 bridgehead atoms. The number of aromatic nitrogens is 1. The van der Waals surface area contributed by atoms with Crippen LogP contribution in [0.4, 0.5) is 0 Å². The summed E-state index contributed by atoms with van der Waals surface area (Å²) >= 11 is 3.46. The molecule has 3 rings (SSSR count). The number of ether oxygens (including phenoxy) is 1. The van der Waals surface area contributed by atoms with Crippen molar-refractivity contribution in [3.63, 3.8) is 0 Å². The number of hydrogen-bond donors (Lipinski definition) is 2. The Balaban J connectivity index is 2.19. The Morgan fingerprint density at radius 2 is 1.91 bits per heavy atom. The number of ketones is 1. The van der Waals surface area contributed by atoms with E-state index in [0.717, 1.165) is 17.6 Å². The number of likely N-dealkylation sites (tertiary alicyclic amines) is 1. The fraction of sp³-hybridized carbons (Fsp3) is 0.400. The molecule has 0 unspecified atom stereocenters. The molecule has 0 spiro atoms. The maximum absolute atomic E-state index is 13.3. The number of aryl methyl sites for hydroxylation is 1. The first-order chi connectivity index (χ1) is 16.2. The van der Waals surface area contributed by atoms with E-state index in [9.17, 15) is 19.5 Å². The van der Waals surface area contributed by atoms with Crippen LogP contribution in [0.3, 0.4) is 0 Å². The van der Waals surface area contributed by atoms with Gasteiger partial charge >= 0.3 is 5.97 Å². The number of benzene rings is 1. The van der Waals surface area contributed by atoms with Crippen molar-refractivity contribution in [3.8, 4) is 0 Å². The van der Waals surface area contributed by atoms with Crippen molar-refractivity contribution in [2.24, 2.45) is 0 Å². The standard InChI is InChI=1S/C25H30BrN3O5/c1-6-28(7-2)11-12-29-21(16-9-8-10-17(26)13-16)19(23(31)24(29)32)22(30)18-14(3)20(25(33)34-5)27-15(18)4/h8-10,13,21,27,30H,6-7,11-12H2,1-5H3/b22-19+/t21-/m1/s1. The monoisotopic (exact) mass is 531 g/mol. The Kier molecular flexibility index (Phi) is 7.99. The predicted molar refractivity (Wildman–Crippen MR) is 133 cm³/mol. The lowest BCUT2D eigenvalue weighted by atomic mass is 9.94. The minimum absolute atomic E-state index is 0.00395. The van der Waals surface area contributed by atoms with E-state index in [0.29, 0.717) is 35.5 Å². The van der Waals surface area contributed by atoms with Crippen LogP contribution in [-0.2, 0) is 14.3 Å². The summed E-state index contributed by atoms with van der Waals surface area (Å²) in [5.74, 6) is -2.29. The molecule has 0 saturated carbocycles. The molecule has 1 aromatic heterocycles. The molecule has 1 aliphatic rings. The zero-order valence-corrected chi connectivity index (χ0v) is 21.7. The number of H-pyrrole nitrogens is 1. The van der Waals surface area contributed by atoms with Gasteiger partial charge < -0.3 is 24.6 Å². The Hall–Kier alpha value is -2.91. The number of nitrogens with zero attached hydrogens (tertiary/aromatic N) is 2. The number of nitrogens with one attached hydrogen (secondary N) is 1. The zero-order valence-electron chi connectivity index (χ0n) is 20.1. The maximum Gasteiger partial charge on any atom is 0.354 e. The lowest BCUT2D eigenvalue weighted by Crippen LogP contribution is -2.38. The molecule has 1 aliphatic heterocycles. The molecular formula is C25H30BrN3O5. The number of halogens is 1. The second-order valence-electron chi connectivity index (χ2n) is 8.19. The van der Waals surface area contributed by atoms with Crippen molar-refractivity contribution in [3.05, 3.63) is 62.4 Å². The lowest BCUT2D eigenvalue weighted by molar-refractivity contribution is -0.140. The molecule has 1 aromatic carbocycles. The maximum atomic E-state index is 13.3. The van der Waals surface area contributed by atoms with Gasteiger partial charge in [0.25, 0.3) is 11.7 Å². The molecular weight excluding hydrogens is 502 g/mol. The third-order valence-corrected chi connectivity index (χ3v) is 6.81. The van der Waals surface area contributed by atoms with Gasteiger partial charge in [-0.05, 0) is 50.2 Å². The minimum atomic E-state index is -0.761. The van der Waals surface area contributed by atoms with Gasteiger partial charge in [0.15, 0.2) is 0 Å². The molecule has 1 amide bonds. The smallest absolute Gasteiger partial charge is 0.354 e. The second kappa shape index (κ2) is 10.6. The summed E-state index contributed by atoms with van der Waals surface area (Å²) in [7, 11) is 1.27. The van der Waals surface area contributed by atoms with Crippen LogP contribution in [0.25, 0.3) is 5.76 Å². The Bertz CT molecular complexity index is 1150. The molecule has 1 fully saturated rings. The second-order valence-corrected chi connectivity index (χ2v) is 9.11. The third-order valence-electron chi connectivity index (χ3n) is 6.32. The van der Waals surface area contributed by atoms with E-state index in [-0.39, 0.29) is 17.0 Å². The number of carbonyl (C=O) groups is 3. The lowest BCUT2D eigenvalue weighted by Gasteiger charge is -2.28. The quantitative estimate of drug-likeness (QED) is 0.231. The highest BCUT2D eigenvalue weighted by Gasteiger charge is 2.46. The Morgan fingerprint density at radius 1 is 1.24 bits per heavy atom. The number of rotatable bonds is 8. The SMILES string of the molecule is CCN(CC)CCN1C(=O)C(=O)/C(=C(/O)c2c(C)[nH]c(C(=O)OC)c2C)[C@H]1c1cccc(Br)c1. The molecule has 34 heavy (non-hydrogen) atoms. The van der Waals surface area contributed by atoms with E-state index in [1.165, 1.54) is 12.0 Å². The van der Waals surface area contributed by atoms with Crippen LogP contribution >= 0.6 is 15.9 Å². The number of likely N-dealkylation sites (N-methyl/N-ethyl adjacent to an activating group) is 1. The van der Waals surface area contributed by atoms with Gasteiger partial charge in [0.2, 0.25) is 0 Å². The number of hydrogen-bond acceptors (Lipinski definition) is 6. The highest BCUT2D eigenvalue weighted by atomic mass is 79.9. The van der Waals surface area contributed by atoms with Gasteiger partial charge in [-0.25, -0.2) is 4.79 Å². The number of carbonyl (C=O) groups excluding carboxylic acids is 3. The number of aromatic amines is 1. The van der Waals surface area contributed by atoms with Crippen LogP contribution in [-0.4, -0.2) is 70.8 Å². The van der Waals surface area contributed by atoms with Crippen LogP contribution < -0.4 is 0 Å². The first-order valence-corrected chi connectivity index (χ1v) is 12.0. The molecule has 9 heteroatoms. The number of aliphatic hydroxyl groups excluding tert-OH is 1. The Labute approximate surface area is 207 Å². The molecule has 182 valence electrons. The molecule has 1 saturated heterocycles. The van der Waals surface area contributed by atoms with Crippen molar-refractivity contribution in [2.45, 2.75) is 33.7 Å². The molecule has 0 aliphatic carbocycles. The number of esters is 1. The summed E-state index contributed by atoms with van der Waals surface area (Å²) < 4.78 is 5.61. The number of aliphatic hydroxyl groups is 1. The van der Waals surface area contributed by atoms with Crippen molar-refractivity contribution in [1.29, 1.82) is 0 Å². The third kappa shape index (κ3) is 4.67. The van der Waals surface area contributed by atoms with Gasteiger partial charge in [0, 0.05) is 28.8 Å². The molecule has 2 N–H and O–H groups in total. The first kappa shape index (κ1) is 25.7.